The Morgan fingerprint density at radius 1 is 1.18 bits per heavy atom. The first-order valence-corrected chi connectivity index (χ1v) is 12.5. The van der Waals surface area contributed by atoms with E-state index in [1.807, 2.05) is 6.92 Å². The van der Waals surface area contributed by atoms with Gasteiger partial charge in [-0.05, 0) is 49.1 Å². The van der Waals surface area contributed by atoms with Crippen LogP contribution in [0, 0.1) is 0 Å². The summed E-state index contributed by atoms with van der Waals surface area (Å²) in [6.07, 6.45) is 0.144. The number of carbonyl (C=O) groups is 3. The molecular formula is C27H27N3O8. The number of nitrogens with one attached hydrogen (secondary N) is 1. The topological polar surface area (TPSA) is 157 Å². The Bertz CT molecular complexity index is 1530. The van der Waals surface area contributed by atoms with Crippen molar-refractivity contribution in [1.29, 1.82) is 0 Å². The number of pyridine rings is 2. The molecule has 2 aromatic heterocycles. The Kier molecular flexibility index (Phi) is 6.75. The minimum absolute atomic E-state index is 0.0605. The molecule has 0 aliphatic carbocycles. The van der Waals surface area contributed by atoms with Crippen LogP contribution in [0.3, 0.4) is 0 Å². The van der Waals surface area contributed by atoms with Crippen LogP contribution >= 0.6 is 0 Å². The first-order chi connectivity index (χ1) is 18.3. The molecule has 3 aromatic rings. The van der Waals surface area contributed by atoms with Crippen LogP contribution in [0.15, 0.2) is 29.1 Å². The number of unbranched alkanes of at least 4 members (excludes halogenated alkanes) is 2. The number of aryl methyl sites for hydroxylation is 1. The summed E-state index contributed by atoms with van der Waals surface area (Å²) in [6, 6.07) is 6.62. The van der Waals surface area contributed by atoms with Crippen molar-refractivity contribution in [2.75, 3.05) is 6.54 Å². The van der Waals surface area contributed by atoms with Crippen molar-refractivity contribution in [1.82, 2.24) is 14.9 Å². The molecule has 1 unspecified atom stereocenters. The minimum atomic E-state index is -1.41. The zero-order valence-corrected chi connectivity index (χ0v) is 20.8. The highest BCUT2D eigenvalue weighted by Gasteiger charge is 2.38. The summed E-state index contributed by atoms with van der Waals surface area (Å²) in [6.45, 7) is 2.32. The highest BCUT2D eigenvalue weighted by molar-refractivity contribution is 5.89. The van der Waals surface area contributed by atoms with Gasteiger partial charge < -0.3 is 29.6 Å². The van der Waals surface area contributed by atoms with Gasteiger partial charge in [-0.2, -0.15) is 0 Å². The summed E-state index contributed by atoms with van der Waals surface area (Å²) in [7, 11) is 0. The van der Waals surface area contributed by atoms with Gasteiger partial charge in [0.25, 0.3) is 5.56 Å². The van der Waals surface area contributed by atoms with Crippen molar-refractivity contribution in [3.63, 3.8) is 0 Å². The van der Waals surface area contributed by atoms with Crippen LogP contribution in [0.1, 0.15) is 61.0 Å². The molecule has 3 N–H and O–H groups in total. The SMILES string of the molecule is CCc1c2c(nc3ccc(O)cc13)-c1cc3c(c(=O)n1C2)COC(=O)C3OC(=O)NCCCCCC(=O)O. The number of carbonyl (C=O) groups excluding carboxylic acids is 2. The molecule has 38 heavy (non-hydrogen) atoms. The Balaban J connectivity index is 1.43. The smallest absolute Gasteiger partial charge is 0.408 e. The molecule has 0 spiro atoms. The number of carboxylic acids is 1. The number of aromatic hydroxyl groups is 1. The maximum absolute atomic E-state index is 13.5. The van der Waals surface area contributed by atoms with Gasteiger partial charge >= 0.3 is 18.0 Å². The molecule has 2 aliphatic rings. The van der Waals surface area contributed by atoms with E-state index >= 15 is 0 Å². The fourth-order valence-corrected chi connectivity index (χ4v) is 5.12. The normalized spacial score (nSPS) is 15.4. The van der Waals surface area contributed by atoms with E-state index in [4.69, 9.17) is 19.6 Å². The second kappa shape index (κ2) is 10.2. The third-order valence-corrected chi connectivity index (χ3v) is 6.95. The zero-order valence-electron chi connectivity index (χ0n) is 20.8. The van der Waals surface area contributed by atoms with Crippen LogP contribution in [-0.2, 0) is 38.6 Å². The largest absolute Gasteiger partial charge is 0.508 e. The van der Waals surface area contributed by atoms with Crippen LogP contribution in [0.5, 0.6) is 5.75 Å². The quantitative estimate of drug-likeness (QED) is 0.234. The monoisotopic (exact) mass is 521 g/mol. The maximum Gasteiger partial charge on any atom is 0.408 e. The Labute approximate surface area is 217 Å². The molecule has 1 amide bonds. The number of phenolic OH excluding ortho intramolecular Hbond substituents is 1. The number of cyclic esters (lactones) is 1. The van der Waals surface area contributed by atoms with Gasteiger partial charge in [0.2, 0.25) is 6.10 Å². The molecule has 5 rings (SSSR count). The summed E-state index contributed by atoms with van der Waals surface area (Å²) in [5.74, 6) is -1.51. The molecule has 1 aromatic carbocycles. The second-order valence-corrected chi connectivity index (χ2v) is 9.35. The number of nitrogens with zero attached hydrogens (tertiary/aromatic N) is 2. The number of hydrogen-bond donors (Lipinski definition) is 3. The molecule has 198 valence electrons. The second-order valence-electron chi connectivity index (χ2n) is 9.35. The maximum atomic E-state index is 13.5. The summed E-state index contributed by atoms with van der Waals surface area (Å²) in [4.78, 5) is 53.9. The van der Waals surface area contributed by atoms with E-state index in [0.29, 0.717) is 49.1 Å². The summed E-state index contributed by atoms with van der Waals surface area (Å²) in [5.41, 5.74) is 3.83. The number of phenols is 1. The molecule has 1 atom stereocenters. The van der Waals surface area contributed by atoms with E-state index in [1.54, 1.807) is 28.8 Å². The molecule has 11 heteroatoms. The lowest BCUT2D eigenvalue weighted by molar-refractivity contribution is -0.157. The number of aliphatic carboxylic acids is 1. The van der Waals surface area contributed by atoms with E-state index in [0.717, 1.165) is 16.5 Å². The lowest BCUT2D eigenvalue weighted by Gasteiger charge is -2.25. The highest BCUT2D eigenvalue weighted by Crippen LogP contribution is 2.39. The number of rotatable bonds is 8. The molecule has 0 saturated carbocycles. The number of benzene rings is 1. The van der Waals surface area contributed by atoms with Gasteiger partial charge in [-0.3, -0.25) is 9.59 Å². The van der Waals surface area contributed by atoms with Gasteiger partial charge in [-0.25, -0.2) is 14.6 Å². The number of alkyl carbamates (subject to hydrolysis) is 1. The average Bonchev–Trinajstić information content (AvgIpc) is 3.25. The van der Waals surface area contributed by atoms with E-state index in [9.17, 15) is 24.3 Å². The first kappa shape index (κ1) is 25.2. The number of carboxylic acid groups (broad SMARTS) is 1. The number of amides is 1. The molecule has 0 bridgehead atoms. The predicted molar refractivity (Wildman–Crippen MR) is 135 cm³/mol. The van der Waals surface area contributed by atoms with Crippen LogP contribution in [0.2, 0.25) is 0 Å². The van der Waals surface area contributed by atoms with Crippen molar-refractivity contribution in [3.05, 3.63) is 56.9 Å². The van der Waals surface area contributed by atoms with Gasteiger partial charge in [0.15, 0.2) is 0 Å². The van der Waals surface area contributed by atoms with Crippen molar-refractivity contribution < 1.29 is 34.1 Å². The van der Waals surface area contributed by atoms with Crippen LogP contribution in [-0.4, -0.2) is 44.3 Å². The molecule has 0 radical (unpaired) electrons. The van der Waals surface area contributed by atoms with E-state index in [2.05, 4.69) is 5.32 Å². The summed E-state index contributed by atoms with van der Waals surface area (Å²) in [5, 5.41) is 22.1. The van der Waals surface area contributed by atoms with E-state index in [-0.39, 0.29) is 42.0 Å². The van der Waals surface area contributed by atoms with Crippen LogP contribution in [0.25, 0.3) is 22.3 Å². The predicted octanol–water partition coefficient (Wildman–Crippen LogP) is 3.16. The number of fused-ring (bicyclic) bond motifs is 5. The number of hydrogen-bond acceptors (Lipinski definition) is 8. The number of aromatic nitrogens is 2. The lowest BCUT2D eigenvalue weighted by atomic mass is 9.97. The average molecular weight is 522 g/mol. The number of esters is 1. The highest BCUT2D eigenvalue weighted by atomic mass is 16.6. The third kappa shape index (κ3) is 4.55. The Morgan fingerprint density at radius 3 is 2.76 bits per heavy atom. The van der Waals surface area contributed by atoms with Gasteiger partial charge in [0.05, 0.1) is 29.0 Å². The Morgan fingerprint density at radius 2 is 2.00 bits per heavy atom. The first-order valence-electron chi connectivity index (χ1n) is 12.5. The van der Waals surface area contributed by atoms with Gasteiger partial charge in [0, 0.05) is 29.5 Å². The standard InChI is InChI=1S/C27H27N3O8/c1-2-15-16-10-14(31)7-8-20(16)29-23-18(15)12-30-21(23)11-17-19(25(30)34)13-37-26(35)24(17)38-27(36)28-9-5-3-4-6-22(32)33/h7-8,10-11,24,31H,2-6,9,12-13H2,1H3,(H,28,36)(H,32,33). The van der Waals surface area contributed by atoms with Gasteiger partial charge in [-0.15, -0.1) is 0 Å². The lowest BCUT2D eigenvalue weighted by Crippen LogP contribution is -2.36. The minimum Gasteiger partial charge on any atom is -0.508 e. The zero-order chi connectivity index (χ0) is 27.0. The van der Waals surface area contributed by atoms with Crippen LogP contribution in [0.4, 0.5) is 4.79 Å². The molecule has 0 saturated heterocycles. The van der Waals surface area contributed by atoms with Crippen molar-refractivity contribution in [3.8, 4) is 17.1 Å². The van der Waals surface area contributed by atoms with E-state index < -0.39 is 24.1 Å². The third-order valence-electron chi connectivity index (χ3n) is 6.95. The molecule has 4 heterocycles. The van der Waals surface area contributed by atoms with Gasteiger partial charge in [0.1, 0.15) is 12.4 Å². The van der Waals surface area contributed by atoms with Crippen molar-refractivity contribution >= 4 is 28.9 Å². The van der Waals surface area contributed by atoms with Crippen LogP contribution < -0.4 is 10.9 Å². The fourth-order valence-electron chi connectivity index (χ4n) is 5.12. The molecular weight excluding hydrogens is 494 g/mol. The number of ether oxygens (including phenoxy) is 2. The molecule has 0 fully saturated rings. The Hall–Kier alpha value is -4.41. The summed E-state index contributed by atoms with van der Waals surface area (Å²) < 4.78 is 12.2. The fraction of sp³-hybridized carbons (Fsp3) is 0.370. The van der Waals surface area contributed by atoms with Crippen molar-refractivity contribution in [2.45, 2.75) is 58.3 Å². The molecule has 11 nitrogen and oxygen atoms in total. The molecule has 2 aliphatic heterocycles. The summed E-state index contributed by atoms with van der Waals surface area (Å²) >= 11 is 0. The van der Waals surface area contributed by atoms with Crippen molar-refractivity contribution in [2.24, 2.45) is 0 Å². The van der Waals surface area contributed by atoms with E-state index in [1.165, 1.54) is 0 Å². The van der Waals surface area contributed by atoms with Gasteiger partial charge in [-0.1, -0.05) is 13.3 Å².